The average Bonchev–Trinajstić information content (AvgIpc) is 2.72. The van der Waals surface area contributed by atoms with Crippen LogP contribution in [0.1, 0.15) is 38.6 Å². The normalized spacial score (nSPS) is 11.6. The topological polar surface area (TPSA) is 43.8 Å². The van der Waals surface area contributed by atoms with Gasteiger partial charge in [0, 0.05) is 6.54 Å². The third kappa shape index (κ3) is 2.56. The van der Waals surface area contributed by atoms with E-state index in [2.05, 4.69) is 48.5 Å². The second-order valence-electron chi connectivity index (χ2n) is 5.24. The molecule has 1 heterocycles. The van der Waals surface area contributed by atoms with Gasteiger partial charge in [0.2, 0.25) is 0 Å². The van der Waals surface area contributed by atoms with Gasteiger partial charge in [0.05, 0.1) is 17.6 Å². The van der Waals surface area contributed by atoms with Gasteiger partial charge in [-0.1, -0.05) is 26.8 Å². The van der Waals surface area contributed by atoms with Crippen molar-refractivity contribution in [1.82, 2.24) is 9.55 Å². The zero-order chi connectivity index (χ0) is 13.1. The Hall–Kier alpha value is -1.35. The quantitative estimate of drug-likeness (QED) is 0.879. The molecule has 2 N–H and O–H groups in total. The van der Waals surface area contributed by atoms with Gasteiger partial charge in [-0.15, -0.1) is 0 Å². The summed E-state index contributed by atoms with van der Waals surface area (Å²) in [5, 5.41) is 0. The highest BCUT2D eigenvalue weighted by atomic mass is 15.1. The van der Waals surface area contributed by atoms with Crippen molar-refractivity contribution in [3.05, 3.63) is 29.6 Å². The van der Waals surface area contributed by atoms with Crippen LogP contribution in [-0.2, 0) is 19.5 Å². The van der Waals surface area contributed by atoms with E-state index in [1.54, 1.807) is 0 Å². The predicted molar refractivity (Wildman–Crippen MR) is 76.5 cm³/mol. The maximum Gasteiger partial charge on any atom is 0.123 e. The smallest absolute Gasteiger partial charge is 0.123 e. The molecule has 1 aromatic heterocycles. The summed E-state index contributed by atoms with van der Waals surface area (Å²) in [6.07, 6.45) is 2.21. The van der Waals surface area contributed by atoms with Gasteiger partial charge in [-0.05, 0) is 36.5 Å². The Morgan fingerprint density at radius 1 is 1.33 bits per heavy atom. The van der Waals surface area contributed by atoms with Crippen molar-refractivity contribution >= 4 is 11.0 Å². The Kier molecular flexibility index (Phi) is 4.02. The van der Waals surface area contributed by atoms with Crippen LogP contribution in [0.2, 0.25) is 0 Å². The van der Waals surface area contributed by atoms with Crippen molar-refractivity contribution in [3.63, 3.8) is 0 Å². The summed E-state index contributed by atoms with van der Waals surface area (Å²) in [6, 6.07) is 6.55. The van der Waals surface area contributed by atoms with Gasteiger partial charge in [-0.25, -0.2) is 4.98 Å². The Balaban J connectivity index is 2.42. The molecule has 0 radical (unpaired) electrons. The monoisotopic (exact) mass is 245 g/mol. The molecule has 0 saturated heterocycles. The van der Waals surface area contributed by atoms with E-state index in [0.29, 0.717) is 12.5 Å². The fourth-order valence-corrected chi connectivity index (χ4v) is 2.24. The number of nitrogens with zero attached hydrogens (tertiary/aromatic N) is 2. The number of aromatic nitrogens is 2. The van der Waals surface area contributed by atoms with Crippen LogP contribution >= 0.6 is 0 Å². The molecule has 0 spiro atoms. The van der Waals surface area contributed by atoms with Crippen molar-refractivity contribution in [2.75, 3.05) is 0 Å². The van der Waals surface area contributed by atoms with Gasteiger partial charge < -0.3 is 10.3 Å². The SMILES string of the molecule is CCc1ccc2c(c1)nc(CN)n2CCC(C)C. The zero-order valence-electron chi connectivity index (χ0n) is 11.6. The standard InChI is InChI=1S/C15H23N3/c1-4-12-5-6-14-13(9-12)17-15(10-16)18(14)8-7-11(2)3/h5-6,9,11H,4,7-8,10,16H2,1-3H3. The highest BCUT2D eigenvalue weighted by molar-refractivity contribution is 5.77. The molecule has 0 unspecified atom stereocenters. The fourth-order valence-electron chi connectivity index (χ4n) is 2.24. The molecule has 3 heteroatoms. The average molecular weight is 245 g/mol. The number of imidazole rings is 1. The van der Waals surface area contributed by atoms with E-state index in [1.807, 2.05) is 0 Å². The molecule has 2 rings (SSSR count). The van der Waals surface area contributed by atoms with Crippen LogP contribution < -0.4 is 5.73 Å². The van der Waals surface area contributed by atoms with E-state index >= 15 is 0 Å². The number of benzene rings is 1. The second-order valence-corrected chi connectivity index (χ2v) is 5.24. The van der Waals surface area contributed by atoms with Crippen LogP contribution in [0.15, 0.2) is 18.2 Å². The number of hydrogen-bond donors (Lipinski definition) is 1. The molecule has 0 amide bonds. The van der Waals surface area contributed by atoms with E-state index in [9.17, 15) is 0 Å². The van der Waals surface area contributed by atoms with Gasteiger partial charge in [-0.2, -0.15) is 0 Å². The van der Waals surface area contributed by atoms with E-state index in [-0.39, 0.29) is 0 Å². The number of nitrogens with two attached hydrogens (primary N) is 1. The van der Waals surface area contributed by atoms with E-state index in [4.69, 9.17) is 5.73 Å². The lowest BCUT2D eigenvalue weighted by molar-refractivity contribution is 0.512. The van der Waals surface area contributed by atoms with Crippen molar-refractivity contribution in [3.8, 4) is 0 Å². The van der Waals surface area contributed by atoms with Crippen molar-refractivity contribution in [2.45, 2.75) is 46.7 Å². The molecule has 0 atom stereocenters. The molecule has 3 nitrogen and oxygen atoms in total. The summed E-state index contributed by atoms with van der Waals surface area (Å²) < 4.78 is 2.27. The lowest BCUT2D eigenvalue weighted by Crippen LogP contribution is -2.09. The molecular weight excluding hydrogens is 222 g/mol. The van der Waals surface area contributed by atoms with E-state index in [1.165, 1.54) is 11.1 Å². The lowest BCUT2D eigenvalue weighted by atomic mass is 10.1. The first-order valence-corrected chi connectivity index (χ1v) is 6.83. The molecule has 0 bridgehead atoms. The Morgan fingerprint density at radius 2 is 2.11 bits per heavy atom. The highest BCUT2D eigenvalue weighted by Crippen LogP contribution is 2.19. The molecule has 2 aromatic rings. The number of fused-ring (bicyclic) bond motifs is 1. The Bertz CT molecular complexity index is 526. The van der Waals surface area contributed by atoms with Gasteiger partial charge >= 0.3 is 0 Å². The van der Waals surface area contributed by atoms with Crippen molar-refractivity contribution < 1.29 is 0 Å². The van der Waals surface area contributed by atoms with Crippen LogP contribution in [0.25, 0.3) is 11.0 Å². The number of hydrogen-bond acceptors (Lipinski definition) is 2. The Morgan fingerprint density at radius 3 is 2.72 bits per heavy atom. The van der Waals surface area contributed by atoms with E-state index in [0.717, 1.165) is 30.7 Å². The van der Waals surface area contributed by atoms with Crippen LogP contribution in [0, 0.1) is 5.92 Å². The number of aryl methyl sites for hydroxylation is 2. The first-order chi connectivity index (χ1) is 8.65. The van der Waals surface area contributed by atoms with Crippen molar-refractivity contribution in [1.29, 1.82) is 0 Å². The summed E-state index contributed by atoms with van der Waals surface area (Å²) in [6.45, 7) is 8.17. The van der Waals surface area contributed by atoms with Crippen molar-refractivity contribution in [2.24, 2.45) is 11.7 Å². The van der Waals surface area contributed by atoms with Crippen LogP contribution in [0.3, 0.4) is 0 Å². The highest BCUT2D eigenvalue weighted by Gasteiger charge is 2.10. The minimum absolute atomic E-state index is 0.508. The van der Waals surface area contributed by atoms with Gasteiger partial charge in [-0.3, -0.25) is 0 Å². The fraction of sp³-hybridized carbons (Fsp3) is 0.533. The molecule has 0 aliphatic rings. The van der Waals surface area contributed by atoms with Crippen LogP contribution in [-0.4, -0.2) is 9.55 Å². The predicted octanol–water partition coefficient (Wildman–Crippen LogP) is 3.10. The molecule has 0 saturated carbocycles. The summed E-state index contributed by atoms with van der Waals surface area (Å²) in [7, 11) is 0. The van der Waals surface area contributed by atoms with Gasteiger partial charge in [0.1, 0.15) is 5.82 Å². The minimum atomic E-state index is 0.508. The van der Waals surface area contributed by atoms with Crippen LogP contribution in [0.5, 0.6) is 0 Å². The lowest BCUT2D eigenvalue weighted by Gasteiger charge is -2.10. The van der Waals surface area contributed by atoms with E-state index < -0.39 is 0 Å². The largest absolute Gasteiger partial charge is 0.327 e. The molecule has 1 aromatic carbocycles. The molecule has 18 heavy (non-hydrogen) atoms. The third-order valence-electron chi connectivity index (χ3n) is 3.41. The number of rotatable bonds is 5. The minimum Gasteiger partial charge on any atom is -0.327 e. The summed E-state index contributed by atoms with van der Waals surface area (Å²) in [4.78, 5) is 4.66. The summed E-state index contributed by atoms with van der Waals surface area (Å²) in [5.74, 6) is 1.70. The molecular formula is C15H23N3. The summed E-state index contributed by atoms with van der Waals surface area (Å²) in [5.41, 5.74) is 9.44. The first-order valence-electron chi connectivity index (χ1n) is 6.83. The summed E-state index contributed by atoms with van der Waals surface area (Å²) >= 11 is 0. The molecule has 0 fully saturated rings. The van der Waals surface area contributed by atoms with Gasteiger partial charge in [0.15, 0.2) is 0 Å². The van der Waals surface area contributed by atoms with Crippen LogP contribution in [0.4, 0.5) is 0 Å². The molecule has 0 aliphatic heterocycles. The first kappa shape index (κ1) is 13.1. The second kappa shape index (κ2) is 5.53. The molecule has 98 valence electrons. The Labute approximate surface area is 109 Å². The molecule has 0 aliphatic carbocycles. The maximum absolute atomic E-state index is 5.81. The third-order valence-corrected chi connectivity index (χ3v) is 3.41. The zero-order valence-corrected chi connectivity index (χ0v) is 11.6. The maximum atomic E-state index is 5.81. The van der Waals surface area contributed by atoms with Gasteiger partial charge in [0.25, 0.3) is 0 Å².